The van der Waals surface area contributed by atoms with Gasteiger partial charge in [-0.25, -0.2) is 0 Å². The molecule has 0 spiro atoms. The van der Waals surface area contributed by atoms with Gasteiger partial charge in [0.05, 0.1) is 5.84 Å². The van der Waals surface area contributed by atoms with Gasteiger partial charge in [0.25, 0.3) is 0 Å². The summed E-state index contributed by atoms with van der Waals surface area (Å²) in [6.07, 6.45) is 6.67. The van der Waals surface area contributed by atoms with Gasteiger partial charge in [0.2, 0.25) is 0 Å². The van der Waals surface area contributed by atoms with Gasteiger partial charge in [-0.2, -0.15) is 0 Å². The lowest BCUT2D eigenvalue weighted by Crippen LogP contribution is -2.27. The average molecular weight is 152 g/mol. The second kappa shape index (κ2) is 3.24. The molecule has 1 heterocycles. The zero-order valence-corrected chi connectivity index (χ0v) is 6.97. The highest BCUT2D eigenvalue weighted by atomic mass is 15.0. The van der Waals surface area contributed by atoms with E-state index in [0.717, 1.165) is 12.5 Å². The zero-order valence-electron chi connectivity index (χ0n) is 6.97. The highest BCUT2D eigenvalue weighted by Crippen LogP contribution is 2.27. The summed E-state index contributed by atoms with van der Waals surface area (Å²) in [5.41, 5.74) is 0. The molecule has 11 heavy (non-hydrogen) atoms. The van der Waals surface area contributed by atoms with Gasteiger partial charge < -0.3 is 5.32 Å². The summed E-state index contributed by atoms with van der Waals surface area (Å²) in [6.45, 7) is 2.23. The van der Waals surface area contributed by atoms with Crippen LogP contribution in [0.3, 0.4) is 0 Å². The maximum absolute atomic E-state index is 4.43. The fourth-order valence-electron chi connectivity index (χ4n) is 1.43. The summed E-state index contributed by atoms with van der Waals surface area (Å²) in [6, 6.07) is 0. The van der Waals surface area contributed by atoms with Crippen LogP contribution in [0, 0.1) is 5.92 Å². The first-order chi connectivity index (χ1) is 5.45. The Morgan fingerprint density at radius 3 is 2.91 bits per heavy atom. The number of amidine groups is 1. The summed E-state index contributed by atoms with van der Waals surface area (Å²) in [5.74, 6) is 2.24. The molecule has 2 heteroatoms. The molecule has 2 rings (SSSR count). The monoisotopic (exact) mass is 152 g/mol. The van der Waals surface area contributed by atoms with E-state index in [1.807, 2.05) is 0 Å². The lowest BCUT2D eigenvalue weighted by Gasteiger charge is -2.13. The Kier molecular flexibility index (Phi) is 2.11. The molecular weight excluding hydrogens is 136 g/mol. The lowest BCUT2D eigenvalue weighted by molar-refractivity contribution is 0.688. The average Bonchev–Trinajstić information content (AvgIpc) is 2.86. The Hall–Kier alpha value is -0.530. The number of rotatable bonds is 2. The van der Waals surface area contributed by atoms with E-state index in [9.17, 15) is 0 Å². The molecule has 0 saturated heterocycles. The van der Waals surface area contributed by atoms with Gasteiger partial charge in [0, 0.05) is 19.5 Å². The Morgan fingerprint density at radius 1 is 1.36 bits per heavy atom. The smallest absolute Gasteiger partial charge is 0.0963 e. The second-order valence-corrected chi connectivity index (χ2v) is 3.61. The molecular formula is C9H16N2. The third kappa shape index (κ3) is 2.21. The van der Waals surface area contributed by atoms with Crippen molar-refractivity contribution in [3.05, 3.63) is 0 Å². The SMILES string of the molecule is C1CCC(NCC2CC2)=NC1. The van der Waals surface area contributed by atoms with E-state index < -0.39 is 0 Å². The van der Waals surface area contributed by atoms with Crippen LogP contribution in [0.5, 0.6) is 0 Å². The van der Waals surface area contributed by atoms with Gasteiger partial charge in [-0.05, 0) is 31.6 Å². The van der Waals surface area contributed by atoms with Crippen LogP contribution in [0.25, 0.3) is 0 Å². The highest BCUT2D eigenvalue weighted by molar-refractivity contribution is 5.82. The standard InChI is InChI=1S/C9H16N2/c1-2-6-10-9(3-1)11-7-8-4-5-8/h8H,1-7H2,(H,10,11). The molecule has 0 aromatic heterocycles. The van der Waals surface area contributed by atoms with E-state index in [2.05, 4.69) is 10.3 Å². The van der Waals surface area contributed by atoms with Gasteiger partial charge >= 0.3 is 0 Å². The lowest BCUT2D eigenvalue weighted by atomic mass is 10.2. The molecule has 0 amide bonds. The molecule has 0 unspecified atom stereocenters. The fraction of sp³-hybridized carbons (Fsp3) is 0.889. The van der Waals surface area contributed by atoms with Crippen molar-refractivity contribution in [3.8, 4) is 0 Å². The minimum absolute atomic E-state index is 0.972. The molecule has 0 aromatic carbocycles. The number of hydrogen-bond acceptors (Lipinski definition) is 2. The van der Waals surface area contributed by atoms with Crippen LogP contribution in [0.15, 0.2) is 4.99 Å². The van der Waals surface area contributed by atoms with E-state index in [-0.39, 0.29) is 0 Å². The summed E-state index contributed by atoms with van der Waals surface area (Å²) in [7, 11) is 0. The van der Waals surface area contributed by atoms with E-state index in [1.165, 1.54) is 44.5 Å². The number of nitrogens with one attached hydrogen (secondary N) is 1. The molecule has 2 aliphatic rings. The Balaban J connectivity index is 1.70. The predicted molar refractivity (Wildman–Crippen MR) is 46.9 cm³/mol. The Morgan fingerprint density at radius 2 is 2.27 bits per heavy atom. The van der Waals surface area contributed by atoms with Crippen LogP contribution in [0.1, 0.15) is 32.1 Å². The van der Waals surface area contributed by atoms with Crippen molar-refractivity contribution < 1.29 is 0 Å². The molecule has 0 bridgehead atoms. The minimum Gasteiger partial charge on any atom is -0.374 e. The van der Waals surface area contributed by atoms with E-state index in [1.54, 1.807) is 0 Å². The first-order valence-corrected chi connectivity index (χ1v) is 4.72. The summed E-state index contributed by atoms with van der Waals surface area (Å²) in [5, 5.41) is 3.43. The number of nitrogens with zero attached hydrogens (tertiary/aromatic N) is 1. The molecule has 2 nitrogen and oxygen atoms in total. The van der Waals surface area contributed by atoms with Crippen LogP contribution in [0.4, 0.5) is 0 Å². The summed E-state index contributed by atoms with van der Waals surface area (Å²) >= 11 is 0. The van der Waals surface area contributed by atoms with Gasteiger partial charge in [-0.1, -0.05) is 0 Å². The molecule has 0 aromatic rings. The first-order valence-electron chi connectivity index (χ1n) is 4.72. The fourth-order valence-corrected chi connectivity index (χ4v) is 1.43. The molecule has 0 atom stereocenters. The van der Waals surface area contributed by atoms with E-state index >= 15 is 0 Å². The van der Waals surface area contributed by atoms with Crippen molar-refractivity contribution >= 4 is 5.84 Å². The quantitative estimate of drug-likeness (QED) is 0.638. The summed E-state index contributed by atoms with van der Waals surface area (Å²) in [4.78, 5) is 4.43. The summed E-state index contributed by atoms with van der Waals surface area (Å²) < 4.78 is 0. The van der Waals surface area contributed by atoms with Crippen LogP contribution >= 0.6 is 0 Å². The molecule has 1 aliphatic carbocycles. The minimum atomic E-state index is 0.972. The third-order valence-corrected chi connectivity index (χ3v) is 2.42. The van der Waals surface area contributed by atoms with Gasteiger partial charge in [-0.3, -0.25) is 4.99 Å². The Labute approximate surface area is 68.1 Å². The largest absolute Gasteiger partial charge is 0.374 e. The van der Waals surface area contributed by atoms with Gasteiger partial charge in [-0.15, -0.1) is 0 Å². The molecule has 1 saturated carbocycles. The van der Waals surface area contributed by atoms with Gasteiger partial charge in [0.1, 0.15) is 0 Å². The van der Waals surface area contributed by atoms with Crippen LogP contribution in [-0.4, -0.2) is 18.9 Å². The van der Waals surface area contributed by atoms with E-state index in [0.29, 0.717) is 0 Å². The normalized spacial score (nSPS) is 24.5. The molecule has 1 N–H and O–H groups in total. The van der Waals surface area contributed by atoms with Crippen molar-refractivity contribution in [1.82, 2.24) is 5.32 Å². The topological polar surface area (TPSA) is 24.4 Å². The van der Waals surface area contributed by atoms with Crippen molar-refractivity contribution in [2.24, 2.45) is 10.9 Å². The maximum atomic E-state index is 4.43. The van der Waals surface area contributed by atoms with E-state index in [4.69, 9.17) is 0 Å². The predicted octanol–water partition coefficient (Wildman–Crippen LogP) is 1.57. The van der Waals surface area contributed by atoms with Gasteiger partial charge in [0.15, 0.2) is 0 Å². The first kappa shape index (κ1) is 7.14. The van der Waals surface area contributed by atoms with Crippen LogP contribution in [0.2, 0.25) is 0 Å². The van der Waals surface area contributed by atoms with Crippen molar-refractivity contribution in [3.63, 3.8) is 0 Å². The van der Waals surface area contributed by atoms with Crippen molar-refractivity contribution in [1.29, 1.82) is 0 Å². The number of hydrogen-bond donors (Lipinski definition) is 1. The third-order valence-electron chi connectivity index (χ3n) is 2.42. The second-order valence-electron chi connectivity index (χ2n) is 3.61. The van der Waals surface area contributed by atoms with Crippen LogP contribution in [-0.2, 0) is 0 Å². The van der Waals surface area contributed by atoms with Crippen molar-refractivity contribution in [2.45, 2.75) is 32.1 Å². The number of aliphatic imine (C=N–C) groups is 1. The molecule has 1 aliphatic heterocycles. The van der Waals surface area contributed by atoms with Crippen molar-refractivity contribution in [2.75, 3.05) is 13.1 Å². The maximum Gasteiger partial charge on any atom is 0.0963 e. The highest BCUT2D eigenvalue weighted by Gasteiger charge is 2.21. The zero-order chi connectivity index (χ0) is 7.52. The molecule has 0 radical (unpaired) electrons. The molecule has 62 valence electrons. The van der Waals surface area contributed by atoms with Crippen LogP contribution < -0.4 is 5.32 Å². The Bertz CT molecular complexity index is 159. The molecule has 1 fully saturated rings.